The fraction of sp³-hybridized carbons (Fsp3) is 0.462. The molecule has 2 aromatic rings. The van der Waals surface area contributed by atoms with E-state index in [-0.39, 0.29) is 5.25 Å². The maximum Gasteiger partial charge on any atom is 0.124 e. The molecule has 3 nitrogen and oxygen atoms in total. The minimum absolute atomic E-state index is 0.142. The maximum absolute atomic E-state index is 11.4. The Morgan fingerprint density at radius 1 is 1.47 bits per heavy atom. The number of para-hydroxylation sites is 1. The number of rotatable bonds is 5. The van der Waals surface area contributed by atoms with Crippen molar-refractivity contribution in [1.82, 2.24) is 9.55 Å². The van der Waals surface area contributed by atoms with E-state index in [1.807, 2.05) is 29.7 Å². The van der Waals surface area contributed by atoms with Crippen LogP contribution in [-0.2, 0) is 23.2 Å². The van der Waals surface area contributed by atoms with Crippen molar-refractivity contribution in [3.63, 3.8) is 0 Å². The van der Waals surface area contributed by atoms with Crippen LogP contribution in [0.5, 0.6) is 0 Å². The van der Waals surface area contributed by atoms with Gasteiger partial charge in [0.25, 0.3) is 0 Å². The van der Waals surface area contributed by atoms with Crippen molar-refractivity contribution in [1.29, 1.82) is 0 Å². The fourth-order valence-corrected chi connectivity index (χ4v) is 2.92. The summed E-state index contributed by atoms with van der Waals surface area (Å²) in [6, 6.07) is 5.65. The van der Waals surface area contributed by atoms with Gasteiger partial charge in [0.1, 0.15) is 5.82 Å². The van der Waals surface area contributed by atoms with Gasteiger partial charge in [0.15, 0.2) is 0 Å². The zero-order chi connectivity index (χ0) is 14.0. The number of nitrogens with zero attached hydrogens (tertiary/aromatic N) is 2. The number of hydrogen-bond acceptors (Lipinski definition) is 2. The maximum atomic E-state index is 11.4. The smallest absolute Gasteiger partial charge is 0.124 e. The van der Waals surface area contributed by atoms with E-state index in [2.05, 4.69) is 4.98 Å². The third-order valence-corrected chi connectivity index (χ3v) is 5.15. The van der Waals surface area contributed by atoms with E-state index in [0.717, 1.165) is 29.8 Å². The number of fused-ring (bicyclic) bond motifs is 1. The first kappa shape index (κ1) is 14.8. The molecular formula is C13H16Cl2N2OS. The van der Waals surface area contributed by atoms with Gasteiger partial charge in [0.05, 0.1) is 21.9 Å². The number of aryl methyl sites for hydroxylation is 1. The minimum atomic E-state index is -0.819. The Kier molecular flexibility index (Phi) is 4.87. The molecule has 2 unspecified atom stereocenters. The molecule has 2 atom stereocenters. The second kappa shape index (κ2) is 6.25. The summed E-state index contributed by atoms with van der Waals surface area (Å²) < 4.78 is 13.5. The molecule has 0 saturated carbocycles. The molecule has 0 aliphatic carbocycles. The van der Waals surface area contributed by atoms with Crippen LogP contribution in [0, 0.1) is 0 Å². The lowest BCUT2D eigenvalue weighted by molar-refractivity contribution is 0.617. The lowest BCUT2D eigenvalue weighted by Gasteiger charge is -2.12. The van der Waals surface area contributed by atoms with Crippen molar-refractivity contribution >= 4 is 45.0 Å². The number of aromatic nitrogens is 2. The number of imidazole rings is 1. The van der Waals surface area contributed by atoms with E-state index < -0.39 is 10.8 Å². The molecule has 0 N–H and O–H groups in total. The van der Waals surface area contributed by atoms with E-state index in [1.54, 1.807) is 6.26 Å². The van der Waals surface area contributed by atoms with Crippen LogP contribution in [0.1, 0.15) is 19.2 Å². The van der Waals surface area contributed by atoms with Gasteiger partial charge in [-0.15, -0.1) is 11.6 Å². The first-order valence-corrected chi connectivity index (χ1v) is 8.59. The zero-order valence-corrected chi connectivity index (χ0v) is 13.2. The highest BCUT2D eigenvalue weighted by Gasteiger charge is 2.14. The average molecular weight is 319 g/mol. The van der Waals surface area contributed by atoms with Crippen molar-refractivity contribution in [2.24, 2.45) is 0 Å². The van der Waals surface area contributed by atoms with Crippen molar-refractivity contribution in [3.8, 4) is 0 Å². The molecule has 0 aliphatic heterocycles. The van der Waals surface area contributed by atoms with E-state index in [0.29, 0.717) is 10.9 Å². The number of hydrogen-bond donors (Lipinski definition) is 0. The molecule has 0 spiro atoms. The second-order valence-electron chi connectivity index (χ2n) is 4.52. The van der Waals surface area contributed by atoms with Crippen LogP contribution in [0.2, 0.25) is 5.02 Å². The molecule has 0 amide bonds. The summed E-state index contributed by atoms with van der Waals surface area (Å²) in [4.78, 5) is 4.49. The highest BCUT2D eigenvalue weighted by Crippen LogP contribution is 2.26. The van der Waals surface area contributed by atoms with E-state index in [1.165, 1.54) is 0 Å². The normalized spacial score (nSPS) is 14.7. The van der Waals surface area contributed by atoms with Crippen LogP contribution in [-0.4, -0.2) is 25.3 Å². The molecule has 1 heterocycles. The van der Waals surface area contributed by atoms with Crippen LogP contribution in [0.4, 0.5) is 0 Å². The first-order valence-electron chi connectivity index (χ1n) is 6.06. The van der Waals surface area contributed by atoms with E-state index in [4.69, 9.17) is 23.2 Å². The fourth-order valence-electron chi connectivity index (χ4n) is 2.01. The van der Waals surface area contributed by atoms with Gasteiger partial charge in [-0.2, -0.15) is 0 Å². The molecule has 2 rings (SSSR count). The van der Waals surface area contributed by atoms with Crippen molar-refractivity contribution in [2.45, 2.75) is 31.0 Å². The lowest BCUT2D eigenvalue weighted by atomic mass is 10.3. The summed E-state index contributed by atoms with van der Waals surface area (Å²) in [5.74, 6) is 1.15. The Balaban J connectivity index is 2.37. The van der Waals surface area contributed by atoms with Crippen LogP contribution in [0.3, 0.4) is 0 Å². The third-order valence-electron chi connectivity index (χ3n) is 3.24. The zero-order valence-electron chi connectivity index (χ0n) is 10.9. The molecule has 0 fully saturated rings. The molecule has 6 heteroatoms. The SMILES string of the molecule is CC(CCn1c(CCl)nc2cccc(Cl)c21)S(C)=O. The van der Waals surface area contributed by atoms with Gasteiger partial charge in [-0.3, -0.25) is 4.21 Å². The average Bonchev–Trinajstić information content (AvgIpc) is 2.75. The van der Waals surface area contributed by atoms with Crippen LogP contribution < -0.4 is 0 Å². The largest absolute Gasteiger partial charge is 0.326 e. The van der Waals surface area contributed by atoms with Crippen LogP contribution in [0.15, 0.2) is 18.2 Å². The monoisotopic (exact) mass is 318 g/mol. The van der Waals surface area contributed by atoms with Crippen molar-refractivity contribution in [3.05, 3.63) is 29.0 Å². The standard InChI is InChI=1S/C13H16Cl2N2OS/c1-9(19(2)18)6-7-17-12(8-14)16-11-5-3-4-10(15)13(11)17/h3-5,9H,6-8H2,1-2H3. The molecule has 104 valence electrons. The first-order chi connectivity index (χ1) is 9.04. The van der Waals surface area contributed by atoms with Gasteiger partial charge in [0.2, 0.25) is 0 Å². The lowest BCUT2D eigenvalue weighted by Crippen LogP contribution is -2.14. The Morgan fingerprint density at radius 2 is 2.21 bits per heavy atom. The minimum Gasteiger partial charge on any atom is -0.326 e. The molecule has 0 bridgehead atoms. The predicted molar refractivity (Wildman–Crippen MR) is 82.4 cm³/mol. The molecule has 1 aromatic heterocycles. The summed E-state index contributed by atoms with van der Waals surface area (Å²) >= 11 is 12.2. The van der Waals surface area contributed by atoms with Gasteiger partial charge in [-0.25, -0.2) is 4.98 Å². The summed E-state index contributed by atoms with van der Waals surface area (Å²) in [7, 11) is -0.819. The quantitative estimate of drug-likeness (QED) is 0.790. The van der Waals surface area contributed by atoms with Crippen molar-refractivity contribution in [2.75, 3.05) is 6.26 Å². The molecule has 1 aromatic carbocycles. The molecule has 19 heavy (non-hydrogen) atoms. The molecule has 0 radical (unpaired) electrons. The van der Waals surface area contributed by atoms with Gasteiger partial charge in [-0.05, 0) is 18.6 Å². The second-order valence-corrected chi connectivity index (χ2v) is 7.00. The van der Waals surface area contributed by atoms with Crippen molar-refractivity contribution < 1.29 is 4.21 Å². The topological polar surface area (TPSA) is 34.9 Å². The summed E-state index contributed by atoms with van der Waals surface area (Å²) in [5.41, 5.74) is 1.77. The van der Waals surface area contributed by atoms with E-state index >= 15 is 0 Å². The van der Waals surface area contributed by atoms with Crippen LogP contribution >= 0.6 is 23.2 Å². The van der Waals surface area contributed by atoms with Gasteiger partial charge in [-0.1, -0.05) is 24.6 Å². The summed E-state index contributed by atoms with van der Waals surface area (Å²) in [5, 5.41) is 0.815. The van der Waals surface area contributed by atoms with E-state index in [9.17, 15) is 4.21 Å². The van der Waals surface area contributed by atoms with Crippen LogP contribution in [0.25, 0.3) is 11.0 Å². The summed E-state index contributed by atoms with van der Waals surface area (Å²) in [6.45, 7) is 2.71. The third kappa shape index (κ3) is 3.12. The van der Waals surface area contributed by atoms with Gasteiger partial charge < -0.3 is 4.57 Å². The van der Waals surface area contributed by atoms with Gasteiger partial charge in [0, 0.05) is 28.9 Å². The highest BCUT2D eigenvalue weighted by atomic mass is 35.5. The molecular weight excluding hydrogens is 303 g/mol. The predicted octanol–water partition coefficient (Wildman–Crippen LogP) is 3.59. The Morgan fingerprint density at radius 3 is 2.84 bits per heavy atom. The molecule has 0 saturated heterocycles. The number of halogens is 2. The highest BCUT2D eigenvalue weighted by molar-refractivity contribution is 7.84. The Hall–Kier alpha value is -0.580. The number of alkyl halides is 1. The molecule has 0 aliphatic rings. The van der Waals surface area contributed by atoms with Gasteiger partial charge >= 0.3 is 0 Å². The Labute approximate surface area is 125 Å². The summed E-state index contributed by atoms with van der Waals surface area (Å²) in [6.07, 6.45) is 2.54. The Bertz CT molecular complexity index is 612. The number of benzene rings is 1.